The Labute approximate surface area is 228 Å². The van der Waals surface area contributed by atoms with Crippen LogP contribution in [0.3, 0.4) is 0 Å². The van der Waals surface area contributed by atoms with Gasteiger partial charge in [0.05, 0.1) is 12.5 Å². The molecule has 10 heteroatoms. The van der Waals surface area contributed by atoms with E-state index < -0.39 is 42.6 Å². The highest BCUT2D eigenvalue weighted by Crippen LogP contribution is 2.48. The van der Waals surface area contributed by atoms with Crippen molar-refractivity contribution in [3.8, 4) is 0 Å². The van der Waals surface area contributed by atoms with Crippen LogP contribution in [0, 0.1) is 6.92 Å². The van der Waals surface area contributed by atoms with E-state index >= 15 is 0 Å². The fourth-order valence-corrected chi connectivity index (χ4v) is 5.09. The first-order valence-corrected chi connectivity index (χ1v) is 12.6. The van der Waals surface area contributed by atoms with Gasteiger partial charge in [-0.05, 0) is 41.0 Å². The molecule has 0 radical (unpaired) electrons. The third-order valence-corrected chi connectivity index (χ3v) is 6.83. The van der Waals surface area contributed by atoms with Gasteiger partial charge in [0.25, 0.3) is 5.91 Å². The van der Waals surface area contributed by atoms with Crippen LogP contribution in [0.15, 0.2) is 83.3 Å². The van der Waals surface area contributed by atoms with E-state index in [1.54, 1.807) is 42.2 Å². The molecular formula is C28H23Cl2N3O5. The van der Waals surface area contributed by atoms with E-state index in [4.69, 9.17) is 32.4 Å². The molecule has 4 atom stereocenters. The minimum atomic E-state index is -1.27. The van der Waals surface area contributed by atoms with E-state index in [0.29, 0.717) is 27.1 Å². The van der Waals surface area contributed by atoms with Gasteiger partial charge in [0, 0.05) is 17.0 Å². The maximum absolute atomic E-state index is 14.1. The van der Waals surface area contributed by atoms with Crippen LogP contribution in [-0.4, -0.2) is 38.2 Å². The number of nitrogens with zero attached hydrogens (tertiary/aromatic N) is 3. The SMILES string of the molecule is Cc1nnc(C(c2ccccc2)N2C(=O)C(CC(=O)O)OC(c3cccc(Cl)c3)C2c2ccc(Cl)cc2)o1. The van der Waals surface area contributed by atoms with Crippen LogP contribution >= 0.6 is 23.2 Å². The van der Waals surface area contributed by atoms with Crippen molar-refractivity contribution >= 4 is 35.1 Å². The summed E-state index contributed by atoms with van der Waals surface area (Å²) < 4.78 is 12.1. The van der Waals surface area contributed by atoms with Crippen LogP contribution in [0.1, 0.15) is 53.1 Å². The number of carboxylic acid groups (broad SMARTS) is 1. The number of ether oxygens (including phenoxy) is 1. The first kappa shape index (κ1) is 25.9. The lowest BCUT2D eigenvalue weighted by atomic mass is 9.88. The smallest absolute Gasteiger partial charge is 0.306 e. The molecule has 0 bridgehead atoms. The standard InChI is InChI=1S/C28H23Cl2N3O5/c1-16-31-32-27(37-16)25(17-6-3-2-4-7-17)33-24(18-10-12-20(29)13-11-18)26(19-8-5-9-21(30)14-19)38-22(28(33)36)15-23(34)35/h2-14,22,24-26H,15H2,1H3,(H,34,35). The molecule has 1 aliphatic rings. The molecule has 0 aliphatic carbocycles. The Kier molecular flexibility index (Phi) is 7.46. The third-order valence-electron chi connectivity index (χ3n) is 6.35. The summed E-state index contributed by atoms with van der Waals surface area (Å²) in [5.41, 5.74) is 2.11. The first-order chi connectivity index (χ1) is 18.3. The first-order valence-electron chi connectivity index (χ1n) is 11.9. The van der Waals surface area contributed by atoms with E-state index in [1.165, 1.54) is 0 Å². The van der Waals surface area contributed by atoms with Crippen molar-refractivity contribution in [3.63, 3.8) is 0 Å². The molecule has 3 aromatic carbocycles. The molecule has 38 heavy (non-hydrogen) atoms. The van der Waals surface area contributed by atoms with Crippen molar-refractivity contribution < 1.29 is 23.8 Å². The van der Waals surface area contributed by atoms with E-state index in [-0.39, 0.29) is 5.89 Å². The summed E-state index contributed by atoms with van der Waals surface area (Å²) in [7, 11) is 0. The number of rotatable bonds is 7. The number of hydrogen-bond acceptors (Lipinski definition) is 6. The van der Waals surface area contributed by atoms with E-state index in [9.17, 15) is 14.7 Å². The number of benzene rings is 3. The fraction of sp³-hybridized carbons (Fsp3) is 0.214. The summed E-state index contributed by atoms with van der Waals surface area (Å²) >= 11 is 12.5. The second-order valence-corrected chi connectivity index (χ2v) is 9.79. The number of hydrogen-bond donors (Lipinski definition) is 1. The van der Waals surface area contributed by atoms with Crippen molar-refractivity contribution in [2.24, 2.45) is 0 Å². The van der Waals surface area contributed by atoms with Crippen LogP contribution in [0.4, 0.5) is 0 Å². The Morgan fingerprint density at radius 2 is 1.71 bits per heavy atom. The van der Waals surface area contributed by atoms with Gasteiger partial charge in [0.1, 0.15) is 18.2 Å². The summed E-state index contributed by atoms with van der Waals surface area (Å²) in [6.45, 7) is 1.67. The van der Waals surface area contributed by atoms with Crippen LogP contribution < -0.4 is 0 Å². The van der Waals surface area contributed by atoms with E-state index in [2.05, 4.69) is 10.2 Å². The van der Waals surface area contributed by atoms with Gasteiger partial charge < -0.3 is 19.2 Å². The Balaban J connectivity index is 1.75. The zero-order valence-corrected chi connectivity index (χ0v) is 21.7. The average Bonchev–Trinajstić information content (AvgIpc) is 3.33. The molecular weight excluding hydrogens is 529 g/mol. The largest absolute Gasteiger partial charge is 0.481 e. The lowest BCUT2D eigenvalue weighted by Gasteiger charge is -2.47. The molecule has 0 spiro atoms. The van der Waals surface area contributed by atoms with Crippen LogP contribution in [0.5, 0.6) is 0 Å². The number of halogens is 2. The molecule has 4 unspecified atom stereocenters. The quantitative estimate of drug-likeness (QED) is 0.302. The number of aryl methyl sites for hydroxylation is 1. The highest BCUT2D eigenvalue weighted by molar-refractivity contribution is 6.30. The molecule has 1 fully saturated rings. The van der Waals surface area contributed by atoms with Crippen molar-refractivity contribution in [2.75, 3.05) is 0 Å². The zero-order chi connectivity index (χ0) is 26.8. The van der Waals surface area contributed by atoms with Gasteiger partial charge in [-0.2, -0.15) is 0 Å². The van der Waals surface area contributed by atoms with Gasteiger partial charge in [-0.25, -0.2) is 0 Å². The number of carbonyl (C=O) groups is 2. The number of aliphatic carboxylic acids is 1. The summed E-state index contributed by atoms with van der Waals surface area (Å²) in [5, 5.41) is 18.9. The Hall–Kier alpha value is -3.72. The van der Waals surface area contributed by atoms with Gasteiger partial charge in [-0.3, -0.25) is 9.59 Å². The number of carbonyl (C=O) groups excluding carboxylic acids is 1. The number of amides is 1. The molecule has 1 N–H and O–H groups in total. The van der Waals surface area contributed by atoms with Crippen LogP contribution in [0.2, 0.25) is 10.0 Å². The second-order valence-electron chi connectivity index (χ2n) is 8.91. The summed E-state index contributed by atoms with van der Waals surface area (Å²) in [5.74, 6) is -1.15. The van der Waals surface area contributed by atoms with Gasteiger partial charge in [-0.15, -0.1) is 10.2 Å². The zero-order valence-electron chi connectivity index (χ0n) is 20.2. The predicted octanol–water partition coefficient (Wildman–Crippen LogP) is 5.96. The molecule has 4 aromatic rings. The monoisotopic (exact) mass is 551 g/mol. The molecule has 1 aromatic heterocycles. The maximum atomic E-state index is 14.1. The predicted molar refractivity (Wildman–Crippen MR) is 140 cm³/mol. The molecule has 8 nitrogen and oxygen atoms in total. The number of morpholine rings is 1. The van der Waals surface area contributed by atoms with Crippen molar-refractivity contribution in [3.05, 3.63) is 117 Å². The third kappa shape index (κ3) is 5.29. The molecule has 1 amide bonds. The Bertz CT molecular complexity index is 1440. The average molecular weight is 552 g/mol. The van der Waals surface area contributed by atoms with Gasteiger partial charge in [-0.1, -0.05) is 77.8 Å². The van der Waals surface area contributed by atoms with Crippen LogP contribution in [0.25, 0.3) is 0 Å². The summed E-state index contributed by atoms with van der Waals surface area (Å²) in [4.78, 5) is 27.5. The second kappa shape index (κ2) is 10.9. The summed E-state index contributed by atoms with van der Waals surface area (Å²) in [6.07, 6.45) is -2.56. The topological polar surface area (TPSA) is 106 Å². The molecule has 1 saturated heterocycles. The number of carboxylic acids is 1. The van der Waals surface area contributed by atoms with Crippen molar-refractivity contribution in [2.45, 2.75) is 37.6 Å². The summed E-state index contributed by atoms with van der Waals surface area (Å²) in [6, 6.07) is 21.9. The Morgan fingerprint density at radius 1 is 0.974 bits per heavy atom. The van der Waals surface area contributed by atoms with E-state index in [0.717, 1.165) is 5.56 Å². The lowest BCUT2D eigenvalue weighted by Crippen LogP contribution is -2.53. The molecule has 194 valence electrons. The molecule has 0 saturated carbocycles. The minimum Gasteiger partial charge on any atom is -0.481 e. The van der Waals surface area contributed by atoms with E-state index in [1.807, 2.05) is 48.5 Å². The van der Waals surface area contributed by atoms with Crippen molar-refractivity contribution in [1.29, 1.82) is 0 Å². The van der Waals surface area contributed by atoms with Gasteiger partial charge >= 0.3 is 5.97 Å². The fourth-order valence-electron chi connectivity index (χ4n) is 4.76. The Morgan fingerprint density at radius 3 is 2.34 bits per heavy atom. The lowest BCUT2D eigenvalue weighted by molar-refractivity contribution is -0.183. The van der Waals surface area contributed by atoms with Gasteiger partial charge in [0.15, 0.2) is 0 Å². The highest BCUT2D eigenvalue weighted by atomic mass is 35.5. The normalized spacial score (nSPS) is 20.3. The molecule has 5 rings (SSSR count). The van der Waals surface area contributed by atoms with Crippen LogP contribution in [-0.2, 0) is 14.3 Å². The molecule has 2 heterocycles. The highest BCUT2D eigenvalue weighted by Gasteiger charge is 2.49. The van der Waals surface area contributed by atoms with Gasteiger partial charge in [0.2, 0.25) is 11.8 Å². The minimum absolute atomic E-state index is 0.196. The molecule has 1 aliphatic heterocycles. The number of aromatic nitrogens is 2. The maximum Gasteiger partial charge on any atom is 0.306 e. The van der Waals surface area contributed by atoms with Crippen molar-refractivity contribution in [1.82, 2.24) is 15.1 Å².